The van der Waals surface area contributed by atoms with Gasteiger partial charge < -0.3 is 9.67 Å². The molecule has 0 saturated heterocycles. The number of rotatable bonds is 3. The van der Waals surface area contributed by atoms with Gasteiger partial charge in [-0.15, -0.1) is 0 Å². The Bertz CT molecular complexity index is 1060. The van der Waals surface area contributed by atoms with Crippen LogP contribution in [0.3, 0.4) is 0 Å². The maximum Gasteiger partial charge on any atom is 0.430 e. The Morgan fingerprint density at radius 2 is 1.47 bits per heavy atom. The molecule has 0 radical (unpaired) electrons. The molecule has 0 bridgehead atoms. The average Bonchev–Trinajstić information content (AvgIpc) is 3.06. The molecular weight excluding hydrogens is 410 g/mol. The number of carbonyl (C=O) groups is 2. The van der Waals surface area contributed by atoms with Crippen molar-refractivity contribution in [1.82, 2.24) is 9.55 Å². The molecule has 3 amide bonds. The standard InChI is InChI=1S/C8H10N4O2.C6H3N3O7/c1-10-4-9-6-5(10)7(13)12(3)8(14)11(6)2;10-6-4(8(13)14)1-3(7(11)12)2-5(6)9(15)16/h4H,1-3H3;1-2,10H. The Hall–Kier alpha value is -4.47. The van der Waals surface area contributed by atoms with Crippen LogP contribution in [0, 0.1) is 30.3 Å². The number of amides is 3. The van der Waals surface area contributed by atoms with Crippen molar-refractivity contribution in [2.45, 2.75) is 0 Å². The Labute approximate surface area is 166 Å². The van der Waals surface area contributed by atoms with Gasteiger partial charge in [0.05, 0.1) is 46.0 Å². The number of imidazole rings is 1. The second kappa shape index (κ2) is 7.87. The molecule has 30 heavy (non-hydrogen) atoms. The maximum absolute atomic E-state index is 11.7. The van der Waals surface area contributed by atoms with Gasteiger partial charge in [0, 0.05) is 14.1 Å². The van der Waals surface area contributed by atoms with Crippen LogP contribution in [0.15, 0.2) is 18.5 Å². The van der Waals surface area contributed by atoms with Gasteiger partial charge in [0.25, 0.3) is 17.1 Å². The van der Waals surface area contributed by atoms with E-state index in [-0.39, 0.29) is 16.8 Å². The highest BCUT2D eigenvalue weighted by molar-refractivity contribution is 6.05. The van der Waals surface area contributed by atoms with E-state index in [0.29, 0.717) is 23.6 Å². The molecular formula is C14H13N7O9. The van der Waals surface area contributed by atoms with Crippen LogP contribution >= 0.6 is 0 Å². The number of nitrogens with zero attached hydrogens (tertiary/aromatic N) is 6. The number of urea groups is 1. The summed E-state index contributed by atoms with van der Waals surface area (Å²) in [5.74, 6) is -1.25. The van der Waals surface area contributed by atoms with Gasteiger partial charge in [-0.3, -0.25) is 30.3 Å². The van der Waals surface area contributed by atoms with Crippen LogP contribution in [-0.2, 0) is 7.05 Å². The lowest BCUT2D eigenvalue weighted by Crippen LogP contribution is -3.16. The van der Waals surface area contributed by atoms with Crippen molar-refractivity contribution >= 4 is 34.8 Å². The van der Waals surface area contributed by atoms with Crippen molar-refractivity contribution in [1.29, 1.82) is 0 Å². The second-order valence-electron chi connectivity index (χ2n) is 5.93. The van der Waals surface area contributed by atoms with Gasteiger partial charge in [-0.25, -0.2) is 19.5 Å². The van der Waals surface area contributed by atoms with E-state index in [1.54, 1.807) is 18.7 Å². The van der Waals surface area contributed by atoms with E-state index in [9.17, 15) is 45.0 Å². The number of non-ortho nitro benzene ring substituents is 1. The van der Waals surface area contributed by atoms with Gasteiger partial charge >= 0.3 is 11.9 Å². The molecule has 1 aliphatic rings. The average molecular weight is 423 g/mol. The van der Waals surface area contributed by atoms with E-state index in [1.165, 1.54) is 18.3 Å². The van der Waals surface area contributed by atoms with Crippen molar-refractivity contribution in [2.24, 2.45) is 7.05 Å². The van der Waals surface area contributed by atoms with Crippen molar-refractivity contribution in [3.63, 3.8) is 0 Å². The smallest absolute Gasteiger partial charge is 0.430 e. The van der Waals surface area contributed by atoms with Crippen LogP contribution in [0.5, 0.6) is 5.75 Å². The van der Waals surface area contributed by atoms with Crippen LogP contribution in [0.25, 0.3) is 0 Å². The molecule has 3 rings (SSSR count). The lowest BCUT2D eigenvalue weighted by Gasteiger charge is -2.22. The number of hydrogen-bond acceptors (Lipinski definition) is 10. The molecule has 158 valence electrons. The van der Waals surface area contributed by atoms with Gasteiger partial charge in [0.15, 0.2) is 11.5 Å². The Morgan fingerprint density at radius 1 is 0.967 bits per heavy atom. The van der Waals surface area contributed by atoms with Gasteiger partial charge in [-0.2, -0.15) is 4.90 Å². The van der Waals surface area contributed by atoms with E-state index in [1.807, 2.05) is 0 Å². The predicted octanol–water partition coefficient (Wildman–Crippen LogP) is -0.870. The molecule has 1 atom stereocenters. The first-order chi connectivity index (χ1) is 13.9. The van der Waals surface area contributed by atoms with E-state index < -0.39 is 37.6 Å². The third kappa shape index (κ3) is 3.74. The summed E-state index contributed by atoms with van der Waals surface area (Å²) in [6.07, 6.45) is 1.53. The summed E-state index contributed by atoms with van der Waals surface area (Å²) in [4.78, 5) is 56.4. The van der Waals surface area contributed by atoms with Crippen molar-refractivity contribution in [3.8, 4) is 5.75 Å². The number of nitrogens with one attached hydrogen (secondary N) is 1. The lowest BCUT2D eigenvalue weighted by atomic mass is 10.2. The SMILES string of the molecule is CN1C(=O)[NH+](C)C(=O)c2c1ncn2C.O=[N+]([O-])c1cc([N+](=O)[O-])c([O-])c([N+](=O)[O-])c1. The van der Waals surface area contributed by atoms with Gasteiger partial charge in [0.1, 0.15) is 0 Å². The molecule has 16 heteroatoms. The number of aromatic nitrogens is 2. The van der Waals surface area contributed by atoms with Gasteiger partial charge in [0.2, 0.25) is 0 Å². The first-order valence-corrected chi connectivity index (χ1v) is 7.84. The van der Waals surface area contributed by atoms with E-state index in [4.69, 9.17) is 0 Å². The molecule has 16 nitrogen and oxygen atoms in total. The number of hydrogen-bond donors (Lipinski definition) is 1. The predicted molar refractivity (Wildman–Crippen MR) is 94.1 cm³/mol. The monoisotopic (exact) mass is 423 g/mol. The fourth-order valence-corrected chi connectivity index (χ4v) is 2.51. The van der Waals surface area contributed by atoms with Gasteiger partial charge in [-0.1, -0.05) is 0 Å². The molecule has 0 aliphatic carbocycles. The van der Waals surface area contributed by atoms with Crippen LogP contribution in [0.4, 0.5) is 27.7 Å². The molecule has 2 heterocycles. The number of carbonyl (C=O) groups excluding carboxylic acids is 2. The number of nitro benzene ring substituents is 3. The summed E-state index contributed by atoms with van der Waals surface area (Å²) in [6.45, 7) is 0. The highest BCUT2D eigenvalue weighted by Crippen LogP contribution is 2.36. The minimum atomic E-state index is -1.46. The fourth-order valence-electron chi connectivity index (χ4n) is 2.51. The molecule has 1 unspecified atom stereocenters. The number of benzene rings is 1. The summed E-state index contributed by atoms with van der Waals surface area (Å²) in [6, 6.07) is 0.492. The third-order valence-corrected chi connectivity index (χ3v) is 4.06. The largest absolute Gasteiger partial charge is 0.863 e. The molecule has 2 aromatic rings. The van der Waals surface area contributed by atoms with E-state index in [2.05, 4.69) is 4.98 Å². The Kier molecular flexibility index (Phi) is 5.73. The molecule has 0 spiro atoms. The first-order valence-electron chi connectivity index (χ1n) is 7.84. The summed E-state index contributed by atoms with van der Waals surface area (Å²) >= 11 is 0. The van der Waals surface area contributed by atoms with Crippen LogP contribution in [0.1, 0.15) is 10.5 Å². The number of quaternary nitrogens is 1. The highest BCUT2D eigenvalue weighted by Gasteiger charge is 2.41. The van der Waals surface area contributed by atoms with Crippen molar-refractivity contribution in [3.05, 3.63) is 54.5 Å². The van der Waals surface area contributed by atoms with Crippen molar-refractivity contribution in [2.75, 3.05) is 19.0 Å². The van der Waals surface area contributed by atoms with Crippen molar-refractivity contribution < 1.29 is 34.4 Å². The number of fused-ring (bicyclic) bond motifs is 1. The zero-order valence-corrected chi connectivity index (χ0v) is 15.6. The number of anilines is 1. The second-order valence-corrected chi connectivity index (χ2v) is 5.93. The number of aryl methyl sites for hydroxylation is 1. The zero-order chi connectivity index (χ0) is 22.9. The molecule has 0 saturated carbocycles. The zero-order valence-electron chi connectivity index (χ0n) is 15.6. The van der Waals surface area contributed by atoms with Crippen LogP contribution in [0.2, 0.25) is 0 Å². The van der Waals surface area contributed by atoms with Gasteiger partial charge in [-0.05, 0) is 0 Å². The fraction of sp³-hybridized carbons (Fsp3) is 0.214. The van der Waals surface area contributed by atoms with E-state index in [0.717, 1.165) is 0 Å². The maximum atomic E-state index is 11.7. The minimum Gasteiger partial charge on any atom is -0.863 e. The molecule has 1 N–H and O–H groups in total. The minimum absolute atomic E-state index is 0.233. The molecule has 1 aromatic carbocycles. The summed E-state index contributed by atoms with van der Waals surface area (Å²) in [5.41, 5.74) is -2.79. The normalized spacial score (nSPS) is 15.2. The summed E-state index contributed by atoms with van der Waals surface area (Å²) in [5, 5.41) is 42.1. The van der Waals surface area contributed by atoms with E-state index >= 15 is 0 Å². The Balaban J connectivity index is 0.000000215. The highest BCUT2D eigenvalue weighted by atomic mass is 16.6. The third-order valence-electron chi connectivity index (χ3n) is 4.06. The molecule has 1 aromatic heterocycles. The number of nitro groups is 3. The van der Waals surface area contributed by atoms with Crippen LogP contribution < -0.4 is 14.9 Å². The topological polar surface area (TPSA) is 212 Å². The lowest BCUT2D eigenvalue weighted by molar-refractivity contribution is -0.698. The first kappa shape index (κ1) is 21.8. The summed E-state index contributed by atoms with van der Waals surface area (Å²) < 4.78 is 1.63. The van der Waals surface area contributed by atoms with Crippen LogP contribution in [-0.4, -0.2) is 50.4 Å². The quantitative estimate of drug-likeness (QED) is 0.476. The Morgan fingerprint density at radius 3 is 1.90 bits per heavy atom. The summed E-state index contributed by atoms with van der Waals surface area (Å²) in [7, 11) is 4.89. The molecule has 0 fully saturated rings. The molecule has 1 aliphatic heterocycles. The number of imide groups is 1.